The van der Waals surface area contributed by atoms with Gasteiger partial charge in [0.2, 0.25) is 0 Å². The van der Waals surface area contributed by atoms with Crippen molar-refractivity contribution in [2.24, 2.45) is 0 Å². The minimum Gasteiger partial charge on any atom is -0.484 e. The second-order valence-corrected chi connectivity index (χ2v) is 6.20. The van der Waals surface area contributed by atoms with Gasteiger partial charge >= 0.3 is 6.18 Å². The first-order chi connectivity index (χ1) is 14.2. The third kappa shape index (κ3) is 4.16. The molecule has 9 heteroatoms. The number of imidazole rings is 1. The Morgan fingerprint density at radius 2 is 2.16 bits per heavy atom. The first-order valence-corrected chi connectivity index (χ1v) is 8.11. The van der Waals surface area contributed by atoms with Gasteiger partial charge in [0.05, 0.1) is 41.5 Å². The zero-order valence-corrected chi connectivity index (χ0v) is 13.4. The lowest BCUT2D eigenvalue weighted by molar-refractivity contribution is -0.153. The molecule has 0 aliphatic carbocycles. The van der Waals surface area contributed by atoms with Gasteiger partial charge in [-0.25, -0.2) is 4.98 Å². The Morgan fingerprint density at radius 3 is 2.92 bits per heavy atom. The summed E-state index contributed by atoms with van der Waals surface area (Å²) < 4.78 is 101. The highest BCUT2D eigenvalue weighted by Crippen LogP contribution is 2.24. The fraction of sp³-hybridized carbons (Fsp3) is 0.250. The van der Waals surface area contributed by atoms with Gasteiger partial charge in [-0.05, 0) is 25.1 Å². The maximum Gasteiger partial charge on any atom is 0.422 e. The topological polar surface area (TPSA) is 67.9 Å². The summed E-state index contributed by atoms with van der Waals surface area (Å²) in [5.74, 6) is -0.756. The van der Waals surface area contributed by atoms with Crippen LogP contribution in [-0.4, -0.2) is 31.9 Å². The van der Waals surface area contributed by atoms with Crippen LogP contribution < -0.4 is 4.74 Å². The van der Waals surface area contributed by atoms with Gasteiger partial charge in [0.1, 0.15) is 5.75 Å². The highest BCUT2D eigenvalue weighted by molar-refractivity contribution is 7.84. The smallest absolute Gasteiger partial charge is 0.422 e. The Bertz CT molecular complexity index is 1160. The molecule has 3 aromatic rings. The Kier molecular flexibility index (Phi) is 3.07. The fourth-order valence-corrected chi connectivity index (χ4v) is 3.03. The lowest BCUT2D eigenvalue weighted by Crippen LogP contribution is -2.19. The second-order valence-electron chi connectivity index (χ2n) is 4.84. The maximum atomic E-state index is 12.8. The zero-order valence-electron chi connectivity index (χ0n) is 18.6. The first kappa shape index (κ1) is 11.2. The normalized spacial score (nSPS) is 17.1. The lowest BCUT2D eigenvalue weighted by atomic mass is 10.2. The van der Waals surface area contributed by atoms with Crippen molar-refractivity contribution in [1.82, 2.24) is 15.0 Å². The van der Waals surface area contributed by atoms with Crippen molar-refractivity contribution >= 4 is 21.8 Å². The summed E-state index contributed by atoms with van der Waals surface area (Å²) in [7, 11) is -1.95. The molecule has 0 radical (unpaired) electrons. The van der Waals surface area contributed by atoms with Crippen LogP contribution in [0.3, 0.4) is 0 Å². The molecule has 0 saturated heterocycles. The molecule has 0 aliphatic rings. The number of aromatic nitrogens is 3. The van der Waals surface area contributed by atoms with Crippen LogP contribution in [0.2, 0.25) is 0 Å². The summed E-state index contributed by atoms with van der Waals surface area (Å²) in [6.07, 6.45) is -4.18. The number of para-hydroxylation sites is 2. The summed E-state index contributed by atoms with van der Waals surface area (Å²) in [5.41, 5.74) is -0.0258. The van der Waals surface area contributed by atoms with Crippen molar-refractivity contribution in [3.05, 3.63) is 47.7 Å². The summed E-state index contributed by atoms with van der Waals surface area (Å²) >= 11 is 0. The SMILES string of the molecule is [2H]c1c([2H])c([2H])c2[nH]c(S(=O)Cc3nccc(OC([2H])([2H])C(F)(F)F)c3C)nc2c1[2H]. The number of ether oxygens (including phenoxy) is 1. The minimum atomic E-state index is -5.27. The third-order valence-corrected chi connectivity index (χ3v) is 4.29. The van der Waals surface area contributed by atoms with Crippen LogP contribution in [0.15, 0.2) is 41.6 Å². The van der Waals surface area contributed by atoms with E-state index >= 15 is 0 Å². The largest absolute Gasteiger partial charge is 0.484 e. The van der Waals surface area contributed by atoms with Crippen LogP contribution in [0, 0.1) is 6.92 Å². The molecule has 1 unspecified atom stereocenters. The highest BCUT2D eigenvalue weighted by Gasteiger charge is 2.29. The number of nitrogens with one attached hydrogen (secondary N) is 1. The summed E-state index contributed by atoms with van der Waals surface area (Å²) in [6, 6.07) is -0.723. The summed E-state index contributed by atoms with van der Waals surface area (Å²) in [5, 5.41) is -0.167. The van der Waals surface area contributed by atoms with E-state index in [0.29, 0.717) is 0 Å². The Balaban J connectivity index is 1.93. The van der Waals surface area contributed by atoms with E-state index in [4.69, 9.17) is 8.22 Å². The highest BCUT2D eigenvalue weighted by atomic mass is 32.2. The van der Waals surface area contributed by atoms with Crippen LogP contribution >= 0.6 is 0 Å². The molecule has 0 saturated carbocycles. The van der Waals surface area contributed by atoms with E-state index in [-0.39, 0.29) is 39.2 Å². The number of aromatic amines is 1. The molecule has 0 bridgehead atoms. The van der Waals surface area contributed by atoms with E-state index in [0.717, 1.165) is 12.3 Å². The van der Waals surface area contributed by atoms with Crippen molar-refractivity contribution in [2.45, 2.75) is 24.0 Å². The molecule has 0 spiro atoms. The van der Waals surface area contributed by atoms with Crippen LogP contribution in [0.1, 0.15) is 19.5 Å². The molecule has 2 heterocycles. The minimum absolute atomic E-state index is 0.0329. The van der Waals surface area contributed by atoms with Gasteiger partial charge in [-0.3, -0.25) is 9.19 Å². The van der Waals surface area contributed by atoms with Gasteiger partial charge in [0.15, 0.2) is 11.7 Å². The zero-order chi connectivity index (χ0) is 23.3. The van der Waals surface area contributed by atoms with Gasteiger partial charge in [-0.2, -0.15) is 13.2 Å². The van der Waals surface area contributed by atoms with Crippen LogP contribution in [0.5, 0.6) is 5.75 Å². The number of nitrogens with zero attached hydrogens (tertiary/aromatic N) is 2. The number of hydrogen-bond donors (Lipinski definition) is 1. The molecule has 25 heavy (non-hydrogen) atoms. The molecule has 0 fully saturated rings. The van der Waals surface area contributed by atoms with Crippen LogP contribution in [-0.2, 0) is 16.6 Å². The van der Waals surface area contributed by atoms with Crippen molar-refractivity contribution in [1.29, 1.82) is 0 Å². The standard InChI is InChI=1S/C16H14F3N3O2S/c1-10-13(20-7-6-14(10)24-9-16(17,18)19)8-25(23)15-21-11-4-2-3-5-12(11)22-15/h2-7H,8-9H2,1H3,(H,21,22)/i2D,3D,4D,5D,9D2. The summed E-state index contributed by atoms with van der Waals surface area (Å²) in [4.78, 5) is 10.5. The van der Waals surface area contributed by atoms with E-state index in [1.807, 2.05) is 0 Å². The second kappa shape index (κ2) is 6.83. The molecule has 2 aromatic heterocycles. The first-order valence-electron chi connectivity index (χ1n) is 9.79. The average molecular weight is 375 g/mol. The quantitative estimate of drug-likeness (QED) is 0.741. The summed E-state index contributed by atoms with van der Waals surface area (Å²) in [6.45, 7) is -2.60. The predicted molar refractivity (Wildman–Crippen MR) is 86.7 cm³/mol. The van der Waals surface area contributed by atoms with Gasteiger partial charge in [0, 0.05) is 11.8 Å². The average Bonchev–Trinajstić information content (AvgIpc) is 3.12. The van der Waals surface area contributed by atoms with E-state index in [9.17, 15) is 17.4 Å². The number of H-pyrrole nitrogens is 1. The van der Waals surface area contributed by atoms with Gasteiger partial charge < -0.3 is 9.72 Å². The van der Waals surface area contributed by atoms with Crippen molar-refractivity contribution < 1.29 is 30.3 Å². The van der Waals surface area contributed by atoms with Crippen LogP contribution in [0.25, 0.3) is 11.0 Å². The number of benzene rings is 1. The number of pyridine rings is 1. The Labute approximate surface area is 152 Å². The van der Waals surface area contributed by atoms with Crippen molar-refractivity contribution in [2.75, 3.05) is 6.56 Å². The molecule has 1 N–H and O–H groups in total. The molecule has 0 amide bonds. The maximum absolute atomic E-state index is 12.8. The van der Waals surface area contributed by atoms with Crippen LogP contribution in [0.4, 0.5) is 13.2 Å². The molecule has 5 nitrogen and oxygen atoms in total. The predicted octanol–water partition coefficient (Wildman–Crippen LogP) is 3.52. The van der Waals surface area contributed by atoms with Crippen molar-refractivity contribution in [3.8, 4) is 5.75 Å². The third-order valence-electron chi connectivity index (χ3n) is 3.13. The van der Waals surface area contributed by atoms with Gasteiger partial charge in [-0.1, -0.05) is 12.1 Å². The number of hydrogen-bond acceptors (Lipinski definition) is 4. The fourth-order valence-electron chi connectivity index (χ4n) is 1.94. The monoisotopic (exact) mass is 375 g/mol. The van der Waals surface area contributed by atoms with Gasteiger partial charge in [0.25, 0.3) is 0 Å². The van der Waals surface area contributed by atoms with Gasteiger partial charge in [-0.15, -0.1) is 0 Å². The molecule has 1 atom stereocenters. The number of halogens is 3. The Morgan fingerprint density at radius 1 is 1.40 bits per heavy atom. The molecule has 0 aliphatic heterocycles. The Hall–Kier alpha value is -2.42. The van der Waals surface area contributed by atoms with E-state index in [1.54, 1.807) is 0 Å². The number of fused-ring (bicyclic) bond motifs is 1. The van der Waals surface area contributed by atoms with E-state index in [2.05, 4.69) is 19.7 Å². The van der Waals surface area contributed by atoms with E-state index in [1.165, 1.54) is 6.92 Å². The molecule has 3 rings (SSSR count). The number of alkyl halides is 3. The molecule has 1 aromatic carbocycles. The molecular weight excluding hydrogens is 355 g/mol. The number of rotatable bonds is 5. The van der Waals surface area contributed by atoms with Crippen molar-refractivity contribution in [3.63, 3.8) is 0 Å². The molecule has 132 valence electrons. The van der Waals surface area contributed by atoms with E-state index < -0.39 is 47.4 Å². The molecular formula is C16H14F3N3O2S. The lowest BCUT2D eigenvalue weighted by Gasteiger charge is -2.13.